The largest absolute Gasteiger partial charge is 0.497 e. The number of anilines is 1. The van der Waals surface area contributed by atoms with Gasteiger partial charge in [-0.05, 0) is 35.9 Å². The van der Waals surface area contributed by atoms with E-state index in [9.17, 15) is 4.21 Å². The van der Waals surface area contributed by atoms with Crippen LogP contribution in [0.3, 0.4) is 0 Å². The first-order valence-corrected chi connectivity index (χ1v) is 6.73. The maximum absolute atomic E-state index is 12.3. The molecule has 0 fully saturated rings. The van der Waals surface area contributed by atoms with Crippen molar-refractivity contribution in [2.45, 2.75) is 10.6 Å². The molecule has 1 aromatic heterocycles. The first-order chi connectivity index (χ1) is 8.70. The number of pyridine rings is 1. The minimum atomic E-state index is -1.19. The molecule has 1 unspecified atom stereocenters. The number of aromatic nitrogens is 1. The highest BCUT2D eigenvalue weighted by atomic mass is 32.2. The first kappa shape index (κ1) is 12.6. The summed E-state index contributed by atoms with van der Waals surface area (Å²) in [7, 11) is 0.380. The summed E-state index contributed by atoms with van der Waals surface area (Å²) in [5.74, 6) is 1.07. The molecule has 0 aliphatic carbocycles. The zero-order valence-electron chi connectivity index (χ0n) is 10.00. The van der Waals surface area contributed by atoms with Gasteiger partial charge >= 0.3 is 0 Å². The molecular weight excluding hydrogens is 248 g/mol. The summed E-state index contributed by atoms with van der Waals surface area (Å²) in [4.78, 5) is 4.53. The standard InChI is InChI=1S/C13H14N2O2S/c1-17-11-2-3-12(14)13(8-11)18(16)9-10-4-6-15-7-5-10/h2-8H,9,14H2,1H3. The van der Waals surface area contributed by atoms with Gasteiger partial charge in [-0.2, -0.15) is 0 Å². The highest BCUT2D eigenvalue weighted by Crippen LogP contribution is 2.24. The van der Waals surface area contributed by atoms with Gasteiger partial charge in [-0.25, -0.2) is 0 Å². The summed E-state index contributed by atoms with van der Waals surface area (Å²) >= 11 is 0. The molecule has 0 saturated heterocycles. The molecule has 4 nitrogen and oxygen atoms in total. The van der Waals surface area contributed by atoms with Crippen molar-refractivity contribution in [3.63, 3.8) is 0 Å². The minimum absolute atomic E-state index is 0.417. The van der Waals surface area contributed by atoms with Crippen molar-refractivity contribution < 1.29 is 8.95 Å². The molecular formula is C13H14N2O2S. The van der Waals surface area contributed by atoms with Crippen LogP contribution in [-0.4, -0.2) is 16.3 Å². The normalized spacial score (nSPS) is 12.1. The van der Waals surface area contributed by atoms with Crippen molar-refractivity contribution in [2.24, 2.45) is 0 Å². The van der Waals surface area contributed by atoms with Gasteiger partial charge in [-0.15, -0.1) is 0 Å². The molecule has 0 radical (unpaired) electrons. The summed E-state index contributed by atoms with van der Waals surface area (Å²) in [6.45, 7) is 0. The molecule has 0 saturated carbocycles. The second-order valence-corrected chi connectivity index (χ2v) is 5.17. The van der Waals surface area contributed by atoms with E-state index in [1.165, 1.54) is 0 Å². The number of nitrogen functional groups attached to an aromatic ring is 1. The number of rotatable bonds is 4. The summed E-state index contributed by atoms with van der Waals surface area (Å²) in [5, 5.41) is 0. The summed E-state index contributed by atoms with van der Waals surface area (Å²) in [6.07, 6.45) is 3.36. The summed E-state index contributed by atoms with van der Waals surface area (Å²) in [6, 6.07) is 8.86. The van der Waals surface area contributed by atoms with Crippen molar-refractivity contribution in [1.29, 1.82) is 0 Å². The molecule has 5 heteroatoms. The van der Waals surface area contributed by atoms with Crippen LogP contribution in [0.15, 0.2) is 47.6 Å². The maximum Gasteiger partial charge on any atom is 0.120 e. The number of ether oxygens (including phenoxy) is 1. The molecule has 0 aliphatic heterocycles. The Labute approximate surface area is 108 Å². The fourth-order valence-electron chi connectivity index (χ4n) is 1.55. The van der Waals surface area contributed by atoms with E-state index in [0.29, 0.717) is 22.1 Å². The number of methoxy groups -OCH3 is 1. The third kappa shape index (κ3) is 2.87. The second kappa shape index (κ2) is 5.64. The third-order valence-corrected chi connectivity index (χ3v) is 3.95. The van der Waals surface area contributed by atoms with Crippen molar-refractivity contribution >= 4 is 16.5 Å². The average Bonchev–Trinajstić information content (AvgIpc) is 2.40. The Hall–Kier alpha value is -1.88. The monoisotopic (exact) mass is 262 g/mol. The van der Waals surface area contributed by atoms with Crippen LogP contribution < -0.4 is 10.5 Å². The Kier molecular flexibility index (Phi) is 3.94. The zero-order chi connectivity index (χ0) is 13.0. The second-order valence-electron chi connectivity index (χ2n) is 3.75. The number of nitrogens with two attached hydrogens (primary N) is 1. The van der Waals surface area contributed by atoms with Crippen LogP contribution in [0, 0.1) is 0 Å². The van der Waals surface area contributed by atoms with E-state index in [2.05, 4.69) is 4.98 Å². The van der Waals surface area contributed by atoms with E-state index < -0.39 is 10.8 Å². The van der Waals surface area contributed by atoms with E-state index >= 15 is 0 Å². The number of nitrogens with zero attached hydrogens (tertiary/aromatic N) is 1. The fourth-order valence-corrected chi connectivity index (χ4v) is 2.78. The Morgan fingerprint density at radius 1 is 1.28 bits per heavy atom. The van der Waals surface area contributed by atoms with Crippen LogP contribution in [-0.2, 0) is 16.6 Å². The number of benzene rings is 1. The SMILES string of the molecule is COc1ccc(N)c(S(=O)Cc2ccncc2)c1. The predicted molar refractivity (Wildman–Crippen MR) is 71.8 cm³/mol. The van der Waals surface area contributed by atoms with Gasteiger partial charge in [0, 0.05) is 18.1 Å². The molecule has 94 valence electrons. The lowest BCUT2D eigenvalue weighted by atomic mass is 10.3. The zero-order valence-corrected chi connectivity index (χ0v) is 10.8. The van der Waals surface area contributed by atoms with Crippen LogP contribution in [0.2, 0.25) is 0 Å². The average molecular weight is 262 g/mol. The highest BCUT2D eigenvalue weighted by molar-refractivity contribution is 7.84. The molecule has 0 spiro atoms. The van der Waals surface area contributed by atoms with Gasteiger partial charge in [-0.3, -0.25) is 9.19 Å². The van der Waals surface area contributed by atoms with Crippen molar-refractivity contribution in [3.8, 4) is 5.75 Å². The quantitative estimate of drug-likeness (QED) is 0.856. The molecule has 2 rings (SSSR count). The van der Waals surface area contributed by atoms with Gasteiger partial charge in [0.05, 0.1) is 28.6 Å². The molecule has 18 heavy (non-hydrogen) atoms. The smallest absolute Gasteiger partial charge is 0.120 e. The van der Waals surface area contributed by atoms with Gasteiger partial charge in [0.15, 0.2) is 0 Å². The van der Waals surface area contributed by atoms with E-state index in [-0.39, 0.29) is 0 Å². The molecule has 0 amide bonds. The Morgan fingerprint density at radius 3 is 2.67 bits per heavy atom. The van der Waals surface area contributed by atoms with Crippen molar-refractivity contribution in [1.82, 2.24) is 4.98 Å². The van der Waals surface area contributed by atoms with Gasteiger partial charge < -0.3 is 10.5 Å². The molecule has 2 N–H and O–H groups in total. The Balaban J connectivity index is 2.23. The van der Waals surface area contributed by atoms with Crippen LogP contribution in [0.4, 0.5) is 5.69 Å². The van der Waals surface area contributed by atoms with Crippen LogP contribution in [0.1, 0.15) is 5.56 Å². The Bertz CT molecular complexity index is 558. The Morgan fingerprint density at radius 2 is 2.00 bits per heavy atom. The number of hydrogen-bond donors (Lipinski definition) is 1. The van der Waals surface area contributed by atoms with Crippen LogP contribution in [0.25, 0.3) is 0 Å². The number of hydrogen-bond acceptors (Lipinski definition) is 4. The molecule has 1 atom stereocenters. The van der Waals surface area contributed by atoms with Crippen LogP contribution >= 0.6 is 0 Å². The van der Waals surface area contributed by atoms with E-state index in [4.69, 9.17) is 10.5 Å². The molecule has 0 aliphatic rings. The van der Waals surface area contributed by atoms with Crippen LogP contribution in [0.5, 0.6) is 5.75 Å². The van der Waals surface area contributed by atoms with Gasteiger partial charge in [0.2, 0.25) is 0 Å². The van der Waals surface area contributed by atoms with E-state index in [0.717, 1.165) is 5.56 Å². The maximum atomic E-state index is 12.3. The lowest BCUT2D eigenvalue weighted by Crippen LogP contribution is -2.01. The fraction of sp³-hybridized carbons (Fsp3) is 0.154. The third-order valence-electron chi connectivity index (χ3n) is 2.51. The van der Waals surface area contributed by atoms with Crippen molar-refractivity contribution in [3.05, 3.63) is 48.3 Å². The molecule has 0 bridgehead atoms. The van der Waals surface area contributed by atoms with Gasteiger partial charge in [-0.1, -0.05) is 0 Å². The van der Waals surface area contributed by atoms with Crippen molar-refractivity contribution in [2.75, 3.05) is 12.8 Å². The van der Waals surface area contributed by atoms with E-state index in [1.807, 2.05) is 12.1 Å². The molecule has 1 heterocycles. The highest BCUT2D eigenvalue weighted by Gasteiger charge is 2.10. The topological polar surface area (TPSA) is 65.2 Å². The first-order valence-electron chi connectivity index (χ1n) is 5.41. The van der Waals surface area contributed by atoms with Gasteiger partial charge in [0.1, 0.15) is 5.75 Å². The molecule has 2 aromatic rings. The van der Waals surface area contributed by atoms with E-state index in [1.54, 1.807) is 37.7 Å². The summed E-state index contributed by atoms with van der Waals surface area (Å²) < 4.78 is 17.4. The predicted octanol–water partition coefficient (Wildman–Crippen LogP) is 1.98. The van der Waals surface area contributed by atoms with Gasteiger partial charge in [0.25, 0.3) is 0 Å². The summed E-state index contributed by atoms with van der Waals surface area (Å²) in [5.41, 5.74) is 7.32. The lowest BCUT2D eigenvalue weighted by Gasteiger charge is -2.08. The molecule has 1 aromatic carbocycles. The minimum Gasteiger partial charge on any atom is -0.497 e. The lowest BCUT2D eigenvalue weighted by molar-refractivity contribution is 0.413.